The van der Waals surface area contributed by atoms with Crippen LogP contribution in [0, 0.1) is 0 Å². The predicted octanol–water partition coefficient (Wildman–Crippen LogP) is 2.87. The zero-order valence-electron chi connectivity index (χ0n) is 15.8. The number of carbonyl (C=O) groups is 1. The molecule has 0 radical (unpaired) electrons. The topological polar surface area (TPSA) is 69.7 Å². The monoisotopic (exact) mass is 413 g/mol. The van der Waals surface area contributed by atoms with Gasteiger partial charge in [0.25, 0.3) is 5.91 Å². The number of rotatable bonds is 6. The average Bonchev–Trinajstić information content (AvgIpc) is 3.15. The van der Waals surface area contributed by atoms with Crippen LogP contribution in [0.3, 0.4) is 0 Å². The first kappa shape index (κ1) is 20.4. The van der Waals surface area contributed by atoms with Gasteiger partial charge in [0.2, 0.25) is 10.0 Å². The highest BCUT2D eigenvalue weighted by Crippen LogP contribution is 2.29. The molecule has 0 saturated carbocycles. The summed E-state index contributed by atoms with van der Waals surface area (Å²) in [6.45, 7) is 3.03. The number of sulfonamides is 1. The number of hydrogen-bond donors (Lipinski definition) is 1. The van der Waals surface area contributed by atoms with Crippen molar-refractivity contribution in [3.8, 4) is 0 Å². The molecular formula is C19H28ClN3O3S. The van der Waals surface area contributed by atoms with Gasteiger partial charge in [0, 0.05) is 37.8 Å². The standard InChI is InChI=1S/C19H28ClN3O3S/c1-27(25,26)23-13-3-2-6-16(23)9-10-21-19(24)15-7-8-18(17(20)14-15)22-11-4-5-12-22/h7-8,14,16H,2-6,9-13H2,1H3,(H,21,24). The second-order valence-electron chi connectivity index (χ2n) is 7.43. The van der Waals surface area contributed by atoms with E-state index in [1.165, 1.54) is 19.1 Å². The lowest BCUT2D eigenvalue weighted by Gasteiger charge is -2.33. The Labute approximate surface area is 166 Å². The van der Waals surface area contributed by atoms with Crippen LogP contribution in [0.4, 0.5) is 5.69 Å². The summed E-state index contributed by atoms with van der Waals surface area (Å²) in [5.74, 6) is -0.174. The van der Waals surface area contributed by atoms with Crippen molar-refractivity contribution < 1.29 is 13.2 Å². The van der Waals surface area contributed by atoms with Gasteiger partial charge in [-0.1, -0.05) is 18.0 Å². The minimum Gasteiger partial charge on any atom is -0.370 e. The van der Waals surface area contributed by atoms with E-state index in [9.17, 15) is 13.2 Å². The van der Waals surface area contributed by atoms with Crippen LogP contribution >= 0.6 is 11.6 Å². The van der Waals surface area contributed by atoms with Gasteiger partial charge in [0.1, 0.15) is 0 Å². The van der Waals surface area contributed by atoms with Gasteiger partial charge in [-0.15, -0.1) is 0 Å². The third kappa shape index (κ3) is 5.15. The molecule has 150 valence electrons. The number of anilines is 1. The van der Waals surface area contributed by atoms with E-state index in [-0.39, 0.29) is 11.9 Å². The number of nitrogens with one attached hydrogen (secondary N) is 1. The van der Waals surface area contributed by atoms with Crippen molar-refractivity contribution in [3.63, 3.8) is 0 Å². The Hall–Kier alpha value is -1.31. The zero-order chi connectivity index (χ0) is 19.4. The van der Waals surface area contributed by atoms with E-state index in [4.69, 9.17) is 11.6 Å². The van der Waals surface area contributed by atoms with Crippen LogP contribution in [-0.4, -0.2) is 57.1 Å². The maximum absolute atomic E-state index is 12.4. The molecule has 1 atom stereocenters. The number of carbonyl (C=O) groups excluding carboxylic acids is 1. The lowest BCUT2D eigenvalue weighted by molar-refractivity contribution is 0.0949. The second-order valence-corrected chi connectivity index (χ2v) is 9.77. The Kier molecular flexibility index (Phi) is 6.65. The van der Waals surface area contributed by atoms with E-state index in [0.717, 1.165) is 38.0 Å². The van der Waals surface area contributed by atoms with Gasteiger partial charge in [-0.2, -0.15) is 4.31 Å². The van der Waals surface area contributed by atoms with Crippen molar-refractivity contribution in [1.82, 2.24) is 9.62 Å². The van der Waals surface area contributed by atoms with Crippen molar-refractivity contribution in [2.24, 2.45) is 0 Å². The Bertz CT molecular complexity index is 778. The highest BCUT2D eigenvalue weighted by Gasteiger charge is 2.29. The SMILES string of the molecule is CS(=O)(=O)N1CCCCC1CCNC(=O)c1ccc(N2CCCC2)c(Cl)c1. The van der Waals surface area contributed by atoms with Crippen molar-refractivity contribution in [2.75, 3.05) is 37.3 Å². The molecule has 0 spiro atoms. The van der Waals surface area contributed by atoms with Crippen LogP contribution in [0.15, 0.2) is 18.2 Å². The zero-order valence-corrected chi connectivity index (χ0v) is 17.4. The molecule has 2 saturated heterocycles. The van der Waals surface area contributed by atoms with Gasteiger partial charge in [-0.3, -0.25) is 4.79 Å². The van der Waals surface area contributed by atoms with E-state index in [2.05, 4.69) is 10.2 Å². The molecule has 1 unspecified atom stereocenters. The molecule has 1 aromatic rings. The summed E-state index contributed by atoms with van der Waals surface area (Å²) in [6, 6.07) is 5.40. The fourth-order valence-electron chi connectivity index (χ4n) is 4.02. The summed E-state index contributed by atoms with van der Waals surface area (Å²) in [4.78, 5) is 14.7. The number of hydrogen-bond acceptors (Lipinski definition) is 4. The summed E-state index contributed by atoms with van der Waals surface area (Å²) in [5, 5.41) is 3.50. The first-order valence-corrected chi connectivity index (χ1v) is 11.9. The van der Waals surface area contributed by atoms with Crippen molar-refractivity contribution in [2.45, 2.75) is 44.6 Å². The van der Waals surface area contributed by atoms with Gasteiger partial charge in [-0.05, 0) is 50.3 Å². The third-order valence-corrected chi connectivity index (χ3v) is 7.05. The Morgan fingerprint density at radius 1 is 1.19 bits per heavy atom. The van der Waals surface area contributed by atoms with Gasteiger partial charge < -0.3 is 10.2 Å². The molecule has 1 amide bonds. The van der Waals surface area contributed by atoms with Crippen LogP contribution < -0.4 is 10.2 Å². The van der Waals surface area contributed by atoms with E-state index in [1.54, 1.807) is 16.4 Å². The highest BCUT2D eigenvalue weighted by atomic mass is 35.5. The summed E-state index contributed by atoms with van der Waals surface area (Å²) < 4.78 is 25.4. The molecule has 8 heteroatoms. The first-order chi connectivity index (χ1) is 12.9. The molecule has 0 aliphatic carbocycles. The highest BCUT2D eigenvalue weighted by molar-refractivity contribution is 7.88. The predicted molar refractivity (Wildman–Crippen MR) is 109 cm³/mol. The minimum absolute atomic E-state index is 0.0322. The molecule has 27 heavy (non-hydrogen) atoms. The maximum Gasteiger partial charge on any atom is 0.251 e. The summed E-state index contributed by atoms with van der Waals surface area (Å²) in [7, 11) is -3.20. The van der Waals surface area contributed by atoms with E-state index < -0.39 is 10.0 Å². The number of piperidine rings is 1. The Morgan fingerprint density at radius 3 is 2.56 bits per heavy atom. The Morgan fingerprint density at radius 2 is 1.89 bits per heavy atom. The summed E-state index contributed by atoms with van der Waals surface area (Å²) in [5.41, 5.74) is 1.52. The maximum atomic E-state index is 12.4. The fraction of sp³-hybridized carbons (Fsp3) is 0.632. The minimum atomic E-state index is -3.20. The van der Waals surface area contributed by atoms with Crippen LogP contribution in [-0.2, 0) is 10.0 Å². The summed E-state index contributed by atoms with van der Waals surface area (Å²) in [6.07, 6.45) is 7.00. The molecule has 0 bridgehead atoms. The molecule has 2 aliphatic rings. The van der Waals surface area contributed by atoms with Crippen molar-refractivity contribution in [3.05, 3.63) is 28.8 Å². The number of halogens is 1. The van der Waals surface area contributed by atoms with Gasteiger partial charge in [0.15, 0.2) is 0 Å². The molecule has 1 aromatic carbocycles. The lowest BCUT2D eigenvalue weighted by atomic mass is 10.0. The quantitative estimate of drug-likeness (QED) is 0.778. The Balaban J connectivity index is 1.55. The number of benzene rings is 1. The van der Waals surface area contributed by atoms with Crippen LogP contribution in [0.2, 0.25) is 5.02 Å². The van der Waals surface area contributed by atoms with Crippen LogP contribution in [0.5, 0.6) is 0 Å². The largest absolute Gasteiger partial charge is 0.370 e. The number of amides is 1. The third-order valence-electron chi connectivity index (χ3n) is 5.42. The van der Waals surface area contributed by atoms with Gasteiger partial charge in [-0.25, -0.2) is 8.42 Å². The van der Waals surface area contributed by atoms with Gasteiger partial charge >= 0.3 is 0 Å². The first-order valence-electron chi connectivity index (χ1n) is 9.66. The van der Waals surface area contributed by atoms with Gasteiger partial charge in [0.05, 0.1) is 17.0 Å². The molecule has 3 rings (SSSR count). The number of nitrogens with zero attached hydrogens (tertiary/aromatic N) is 2. The molecule has 0 aromatic heterocycles. The van der Waals surface area contributed by atoms with Crippen molar-refractivity contribution in [1.29, 1.82) is 0 Å². The average molecular weight is 414 g/mol. The molecular weight excluding hydrogens is 386 g/mol. The van der Waals surface area contributed by atoms with E-state index >= 15 is 0 Å². The smallest absolute Gasteiger partial charge is 0.251 e. The van der Waals surface area contributed by atoms with Crippen molar-refractivity contribution >= 4 is 33.2 Å². The normalized spacial score (nSPS) is 21.4. The molecule has 2 aliphatic heterocycles. The van der Waals surface area contributed by atoms with Crippen LogP contribution in [0.1, 0.15) is 48.9 Å². The lowest BCUT2D eigenvalue weighted by Crippen LogP contribution is -2.44. The second kappa shape index (κ2) is 8.80. The summed E-state index contributed by atoms with van der Waals surface area (Å²) >= 11 is 6.38. The molecule has 2 heterocycles. The molecule has 1 N–H and O–H groups in total. The van der Waals surface area contributed by atoms with E-state index in [1.807, 2.05) is 6.07 Å². The fourth-order valence-corrected chi connectivity index (χ4v) is 5.53. The molecule has 6 nitrogen and oxygen atoms in total. The van der Waals surface area contributed by atoms with Crippen LogP contribution in [0.25, 0.3) is 0 Å². The molecule has 2 fully saturated rings. The van der Waals surface area contributed by atoms with E-state index in [0.29, 0.717) is 30.1 Å².